The summed E-state index contributed by atoms with van der Waals surface area (Å²) < 4.78 is 0. The number of nitro groups is 1. The number of nitrogens with zero attached hydrogens (tertiary/aromatic N) is 3. The normalized spacial score (nSPS) is 9.95. The van der Waals surface area contributed by atoms with Crippen LogP contribution >= 0.6 is 0 Å². The monoisotopic (exact) mass is 282 g/mol. The molecule has 0 bridgehead atoms. The standard InChI is InChI=1S/C15H14N4O2/c1-10-7-14(13(8-16)11(2)18-10)17-9-12-5-3-4-6-15(12)19(20)21/h3-7H,9H2,1-2H3,(H,17,18). The van der Waals surface area contributed by atoms with Crippen LogP contribution < -0.4 is 5.32 Å². The van der Waals surface area contributed by atoms with Gasteiger partial charge in [0.25, 0.3) is 5.69 Å². The Bertz CT molecular complexity index is 735. The van der Waals surface area contributed by atoms with E-state index in [0.29, 0.717) is 22.5 Å². The van der Waals surface area contributed by atoms with E-state index in [4.69, 9.17) is 0 Å². The van der Waals surface area contributed by atoms with Gasteiger partial charge in [0.2, 0.25) is 0 Å². The molecule has 0 aliphatic carbocycles. The number of aryl methyl sites for hydroxylation is 2. The molecule has 0 atom stereocenters. The fourth-order valence-electron chi connectivity index (χ4n) is 2.14. The molecule has 0 radical (unpaired) electrons. The zero-order chi connectivity index (χ0) is 15.4. The van der Waals surface area contributed by atoms with Crippen LogP contribution in [0.15, 0.2) is 30.3 Å². The molecule has 6 heteroatoms. The molecule has 0 spiro atoms. The molecule has 0 aliphatic heterocycles. The van der Waals surface area contributed by atoms with Crippen molar-refractivity contribution >= 4 is 11.4 Å². The Morgan fingerprint density at radius 3 is 2.76 bits per heavy atom. The third-order valence-corrected chi connectivity index (χ3v) is 3.10. The minimum atomic E-state index is -0.411. The average molecular weight is 282 g/mol. The predicted octanol–water partition coefficient (Wildman–Crippen LogP) is 3.09. The third-order valence-electron chi connectivity index (χ3n) is 3.10. The van der Waals surface area contributed by atoms with E-state index in [0.717, 1.165) is 5.69 Å². The molecule has 2 aromatic rings. The van der Waals surface area contributed by atoms with Crippen molar-refractivity contribution in [2.75, 3.05) is 5.32 Å². The Kier molecular flexibility index (Phi) is 4.14. The summed E-state index contributed by atoms with van der Waals surface area (Å²) in [6.45, 7) is 3.88. The molecule has 0 saturated carbocycles. The van der Waals surface area contributed by atoms with Crippen molar-refractivity contribution in [3.05, 3.63) is 63.0 Å². The average Bonchev–Trinajstić information content (AvgIpc) is 2.44. The van der Waals surface area contributed by atoms with E-state index in [1.54, 1.807) is 31.2 Å². The molecular formula is C15H14N4O2. The Balaban J connectivity index is 2.30. The number of pyridine rings is 1. The van der Waals surface area contributed by atoms with E-state index in [-0.39, 0.29) is 12.2 Å². The highest BCUT2D eigenvalue weighted by Crippen LogP contribution is 2.22. The molecule has 1 N–H and O–H groups in total. The summed E-state index contributed by atoms with van der Waals surface area (Å²) in [6.07, 6.45) is 0. The van der Waals surface area contributed by atoms with Crippen LogP contribution in [0, 0.1) is 35.3 Å². The Hall–Kier alpha value is -2.94. The van der Waals surface area contributed by atoms with Crippen molar-refractivity contribution in [3.63, 3.8) is 0 Å². The second-order valence-corrected chi connectivity index (χ2v) is 4.62. The van der Waals surface area contributed by atoms with Gasteiger partial charge in [0, 0.05) is 23.9 Å². The second-order valence-electron chi connectivity index (χ2n) is 4.62. The summed E-state index contributed by atoms with van der Waals surface area (Å²) in [4.78, 5) is 14.8. The van der Waals surface area contributed by atoms with Crippen LogP contribution in [-0.2, 0) is 6.54 Å². The van der Waals surface area contributed by atoms with Crippen LogP contribution in [0.1, 0.15) is 22.5 Å². The first-order valence-electron chi connectivity index (χ1n) is 6.37. The lowest BCUT2D eigenvalue weighted by Gasteiger charge is -2.11. The van der Waals surface area contributed by atoms with Gasteiger partial charge in [0.05, 0.1) is 21.9 Å². The summed E-state index contributed by atoms with van der Waals surface area (Å²) >= 11 is 0. The van der Waals surface area contributed by atoms with E-state index in [1.165, 1.54) is 6.07 Å². The Morgan fingerprint density at radius 1 is 1.38 bits per heavy atom. The van der Waals surface area contributed by atoms with Gasteiger partial charge in [-0.2, -0.15) is 5.26 Å². The topological polar surface area (TPSA) is 91.9 Å². The van der Waals surface area contributed by atoms with Crippen LogP contribution in [0.4, 0.5) is 11.4 Å². The van der Waals surface area contributed by atoms with Gasteiger partial charge in [-0.3, -0.25) is 15.1 Å². The summed E-state index contributed by atoms with van der Waals surface area (Å²) in [5.74, 6) is 0. The maximum Gasteiger partial charge on any atom is 0.274 e. The first-order valence-corrected chi connectivity index (χ1v) is 6.37. The van der Waals surface area contributed by atoms with Gasteiger partial charge in [-0.15, -0.1) is 0 Å². The lowest BCUT2D eigenvalue weighted by Crippen LogP contribution is -2.06. The van der Waals surface area contributed by atoms with Crippen molar-refractivity contribution in [1.82, 2.24) is 4.98 Å². The van der Waals surface area contributed by atoms with Crippen LogP contribution in [0.25, 0.3) is 0 Å². The molecule has 2 rings (SSSR count). The van der Waals surface area contributed by atoms with Crippen molar-refractivity contribution in [1.29, 1.82) is 5.26 Å². The van der Waals surface area contributed by atoms with Gasteiger partial charge < -0.3 is 5.32 Å². The third kappa shape index (κ3) is 3.15. The second kappa shape index (κ2) is 6.01. The molecule has 106 valence electrons. The predicted molar refractivity (Wildman–Crippen MR) is 78.8 cm³/mol. The van der Waals surface area contributed by atoms with Crippen molar-refractivity contribution in [2.24, 2.45) is 0 Å². The molecule has 21 heavy (non-hydrogen) atoms. The minimum absolute atomic E-state index is 0.0611. The Morgan fingerprint density at radius 2 is 2.10 bits per heavy atom. The van der Waals surface area contributed by atoms with Crippen molar-refractivity contribution in [2.45, 2.75) is 20.4 Å². The SMILES string of the molecule is Cc1cc(NCc2ccccc2[N+](=O)[O-])c(C#N)c(C)n1. The molecule has 0 saturated heterocycles. The largest absolute Gasteiger partial charge is 0.380 e. The van der Waals surface area contributed by atoms with Crippen LogP contribution in [-0.4, -0.2) is 9.91 Å². The van der Waals surface area contributed by atoms with E-state index in [9.17, 15) is 15.4 Å². The molecule has 0 unspecified atom stereocenters. The number of nitrogens with one attached hydrogen (secondary N) is 1. The number of benzene rings is 1. The molecular weight excluding hydrogens is 268 g/mol. The zero-order valence-corrected chi connectivity index (χ0v) is 11.8. The molecule has 1 aromatic carbocycles. The van der Waals surface area contributed by atoms with E-state index in [2.05, 4.69) is 16.4 Å². The quantitative estimate of drug-likeness (QED) is 0.687. The van der Waals surface area contributed by atoms with Crippen LogP contribution in [0.2, 0.25) is 0 Å². The fraction of sp³-hybridized carbons (Fsp3) is 0.200. The summed E-state index contributed by atoms with van der Waals surface area (Å²) in [5.41, 5.74) is 3.16. The van der Waals surface area contributed by atoms with Gasteiger partial charge >= 0.3 is 0 Å². The van der Waals surface area contributed by atoms with Crippen LogP contribution in [0.3, 0.4) is 0 Å². The minimum Gasteiger partial charge on any atom is -0.380 e. The van der Waals surface area contributed by atoms with Crippen LogP contribution in [0.5, 0.6) is 0 Å². The first kappa shape index (κ1) is 14.5. The summed E-state index contributed by atoms with van der Waals surface area (Å²) in [6, 6.07) is 10.4. The number of hydrogen-bond donors (Lipinski definition) is 1. The smallest absolute Gasteiger partial charge is 0.274 e. The number of aromatic nitrogens is 1. The molecule has 1 heterocycles. The number of para-hydroxylation sites is 1. The van der Waals surface area contributed by atoms with Gasteiger partial charge in [-0.1, -0.05) is 18.2 Å². The first-order chi connectivity index (χ1) is 10.0. The van der Waals surface area contributed by atoms with E-state index >= 15 is 0 Å². The van der Waals surface area contributed by atoms with Crippen molar-refractivity contribution < 1.29 is 4.92 Å². The number of nitriles is 1. The van der Waals surface area contributed by atoms with Gasteiger partial charge in [-0.25, -0.2) is 0 Å². The zero-order valence-electron chi connectivity index (χ0n) is 11.8. The highest BCUT2D eigenvalue weighted by Gasteiger charge is 2.13. The molecule has 6 nitrogen and oxygen atoms in total. The molecule has 0 amide bonds. The van der Waals surface area contributed by atoms with Gasteiger partial charge in [-0.05, 0) is 19.9 Å². The maximum absolute atomic E-state index is 11.0. The number of nitro benzene ring substituents is 1. The lowest BCUT2D eigenvalue weighted by molar-refractivity contribution is -0.385. The highest BCUT2D eigenvalue weighted by atomic mass is 16.6. The fourth-order valence-corrected chi connectivity index (χ4v) is 2.14. The number of anilines is 1. The van der Waals surface area contributed by atoms with E-state index < -0.39 is 4.92 Å². The summed E-state index contributed by atoms with van der Waals surface area (Å²) in [7, 11) is 0. The van der Waals surface area contributed by atoms with Gasteiger partial charge in [0.15, 0.2) is 0 Å². The van der Waals surface area contributed by atoms with Crippen molar-refractivity contribution in [3.8, 4) is 6.07 Å². The Labute approximate surface area is 122 Å². The number of hydrogen-bond acceptors (Lipinski definition) is 5. The molecule has 1 aromatic heterocycles. The molecule has 0 aliphatic rings. The maximum atomic E-state index is 11.0. The lowest BCUT2D eigenvalue weighted by atomic mass is 10.1. The summed E-state index contributed by atoms with van der Waals surface area (Å²) in [5, 5.41) is 23.3. The number of rotatable bonds is 4. The van der Waals surface area contributed by atoms with Gasteiger partial charge in [0.1, 0.15) is 6.07 Å². The molecule has 0 fully saturated rings. The van der Waals surface area contributed by atoms with E-state index in [1.807, 2.05) is 6.92 Å². The highest BCUT2D eigenvalue weighted by molar-refractivity contribution is 5.60.